The van der Waals surface area contributed by atoms with Gasteiger partial charge in [0.15, 0.2) is 5.96 Å². The van der Waals surface area contributed by atoms with Crippen molar-refractivity contribution in [3.8, 4) is 0 Å². The number of guanidine groups is 1. The summed E-state index contributed by atoms with van der Waals surface area (Å²) in [5, 5.41) is 3.43. The van der Waals surface area contributed by atoms with Crippen LogP contribution in [0.4, 0.5) is 0 Å². The lowest BCUT2D eigenvalue weighted by Gasteiger charge is -2.36. The SMILES string of the molecule is CCNC(=NCC(C)N1CCCC(C)C1)N1CCCC(CC(N)=O)C1. The molecule has 0 radical (unpaired) electrons. The quantitative estimate of drug-likeness (QED) is 0.564. The molecule has 3 N–H and O–H groups in total. The van der Waals surface area contributed by atoms with Crippen molar-refractivity contribution >= 4 is 11.9 Å². The molecule has 2 saturated heterocycles. The molecule has 0 aromatic rings. The predicted molar refractivity (Wildman–Crippen MR) is 104 cm³/mol. The normalized spacial score (nSPS) is 27.2. The first-order valence-electron chi connectivity index (χ1n) is 10.0. The van der Waals surface area contributed by atoms with Gasteiger partial charge in [-0.25, -0.2) is 0 Å². The summed E-state index contributed by atoms with van der Waals surface area (Å²) in [6.07, 6.45) is 5.32. The highest BCUT2D eigenvalue weighted by Gasteiger charge is 2.24. The first-order chi connectivity index (χ1) is 12.0. The largest absolute Gasteiger partial charge is 0.370 e. The van der Waals surface area contributed by atoms with Crippen LogP contribution in [-0.2, 0) is 4.79 Å². The second kappa shape index (κ2) is 10.00. The number of piperidine rings is 2. The molecule has 0 aromatic carbocycles. The third-order valence-electron chi connectivity index (χ3n) is 5.46. The maximum absolute atomic E-state index is 11.2. The zero-order valence-corrected chi connectivity index (χ0v) is 16.3. The van der Waals surface area contributed by atoms with Crippen molar-refractivity contribution in [1.29, 1.82) is 0 Å². The monoisotopic (exact) mass is 351 g/mol. The van der Waals surface area contributed by atoms with Crippen LogP contribution >= 0.6 is 0 Å². The van der Waals surface area contributed by atoms with Crippen LogP contribution in [0.15, 0.2) is 4.99 Å². The number of hydrogen-bond acceptors (Lipinski definition) is 3. The van der Waals surface area contributed by atoms with Gasteiger partial charge in [-0.1, -0.05) is 6.92 Å². The number of amides is 1. The molecular formula is C19H37N5O. The predicted octanol–water partition coefficient (Wildman–Crippen LogP) is 1.66. The minimum Gasteiger partial charge on any atom is -0.370 e. The lowest BCUT2D eigenvalue weighted by molar-refractivity contribution is -0.119. The van der Waals surface area contributed by atoms with E-state index in [4.69, 9.17) is 10.7 Å². The molecule has 2 rings (SSSR count). The van der Waals surface area contributed by atoms with Gasteiger partial charge in [0.1, 0.15) is 0 Å². The Bertz CT molecular complexity index is 453. The molecule has 0 saturated carbocycles. The van der Waals surface area contributed by atoms with Gasteiger partial charge in [0, 0.05) is 38.6 Å². The summed E-state index contributed by atoms with van der Waals surface area (Å²) in [5.74, 6) is 1.95. The van der Waals surface area contributed by atoms with Crippen LogP contribution in [0, 0.1) is 11.8 Å². The molecule has 6 nitrogen and oxygen atoms in total. The fourth-order valence-corrected chi connectivity index (χ4v) is 4.09. The number of nitrogens with zero attached hydrogens (tertiary/aromatic N) is 3. The summed E-state index contributed by atoms with van der Waals surface area (Å²) in [4.78, 5) is 21.1. The zero-order chi connectivity index (χ0) is 18.2. The van der Waals surface area contributed by atoms with Gasteiger partial charge in [0.2, 0.25) is 5.91 Å². The van der Waals surface area contributed by atoms with Gasteiger partial charge >= 0.3 is 0 Å². The number of likely N-dealkylation sites (tertiary alicyclic amines) is 2. The molecular weight excluding hydrogens is 314 g/mol. The van der Waals surface area contributed by atoms with Gasteiger partial charge in [-0.05, 0) is 57.9 Å². The van der Waals surface area contributed by atoms with E-state index in [2.05, 4.69) is 35.9 Å². The number of hydrogen-bond donors (Lipinski definition) is 2. The van der Waals surface area contributed by atoms with Crippen LogP contribution < -0.4 is 11.1 Å². The topological polar surface area (TPSA) is 74.0 Å². The number of carbonyl (C=O) groups is 1. The average molecular weight is 352 g/mol. The summed E-state index contributed by atoms with van der Waals surface area (Å²) < 4.78 is 0. The first kappa shape index (κ1) is 20.0. The molecule has 0 bridgehead atoms. The maximum Gasteiger partial charge on any atom is 0.217 e. The number of nitrogens with one attached hydrogen (secondary N) is 1. The molecule has 2 aliphatic heterocycles. The number of nitrogens with two attached hydrogens (primary N) is 1. The zero-order valence-electron chi connectivity index (χ0n) is 16.3. The first-order valence-corrected chi connectivity index (χ1v) is 10.0. The summed E-state index contributed by atoms with van der Waals surface area (Å²) in [6.45, 7) is 12.7. The van der Waals surface area contributed by atoms with Crippen LogP contribution in [-0.4, -0.2) is 67.0 Å². The van der Waals surface area contributed by atoms with Crippen molar-refractivity contribution in [1.82, 2.24) is 15.1 Å². The smallest absolute Gasteiger partial charge is 0.217 e. The van der Waals surface area contributed by atoms with Crippen molar-refractivity contribution < 1.29 is 4.79 Å². The highest BCUT2D eigenvalue weighted by Crippen LogP contribution is 2.20. The Morgan fingerprint density at radius 3 is 2.72 bits per heavy atom. The molecule has 2 fully saturated rings. The standard InChI is InChI=1S/C19H37N5O/c1-4-21-19(24-10-6-8-17(14-24)11-18(20)25)22-12-16(3)23-9-5-7-15(2)13-23/h15-17H,4-14H2,1-3H3,(H2,20,25)(H,21,22). The Balaban J connectivity index is 1.93. The van der Waals surface area contributed by atoms with E-state index in [1.807, 2.05) is 0 Å². The van der Waals surface area contributed by atoms with E-state index in [9.17, 15) is 4.79 Å². The maximum atomic E-state index is 11.2. The molecule has 0 spiro atoms. The van der Waals surface area contributed by atoms with Gasteiger partial charge in [-0.2, -0.15) is 0 Å². The minimum atomic E-state index is -0.193. The fourth-order valence-electron chi connectivity index (χ4n) is 4.09. The minimum absolute atomic E-state index is 0.193. The van der Waals surface area contributed by atoms with E-state index in [0.717, 1.165) is 50.9 Å². The second-order valence-electron chi connectivity index (χ2n) is 7.91. The molecule has 144 valence electrons. The molecule has 25 heavy (non-hydrogen) atoms. The molecule has 3 atom stereocenters. The molecule has 0 aliphatic carbocycles. The lowest BCUT2D eigenvalue weighted by atomic mass is 9.95. The summed E-state index contributed by atoms with van der Waals surface area (Å²) in [5.41, 5.74) is 5.39. The fraction of sp³-hybridized carbons (Fsp3) is 0.895. The van der Waals surface area contributed by atoms with Crippen LogP contribution in [0.2, 0.25) is 0 Å². The number of aliphatic imine (C=N–C) groups is 1. The Hall–Kier alpha value is -1.30. The van der Waals surface area contributed by atoms with Crippen LogP contribution in [0.1, 0.15) is 52.9 Å². The third-order valence-corrected chi connectivity index (χ3v) is 5.46. The van der Waals surface area contributed by atoms with Crippen molar-refractivity contribution in [2.75, 3.05) is 39.3 Å². The second-order valence-corrected chi connectivity index (χ2v) is 7.91. The van der Waals surface area contributed by atoms with E-state index in [1.165, 1.54) is 25.9 Å². The molecule has 1 amide bonds. The molecule has 2 heterocycles. The molecule has 6 heteroatoms. The van der Waals surface area contributed by atoms with Gasteiger partial charge < -0.3 is 16.0 Å². The Morgan fingerprint density at radius 2 is 2.04 bits per heavy atom. The summed E-state index contributed by atoms with van der Waals surface area (Å²) in [7, 11) is 0. The highest BCUT2D eigenvalue weighted by molar-refractivity contribution is 5.80. The lowest BCUT2D eigenvalue weighted by Crippen LogP contribution is -2.48. The summed E-state index contributed by atoms with van der Waals surface area (Å²) >= 11 is 0. The van der Waals surface area contributed by atoms with E-state index in [1.54, 1.807) is 0 Å². The Kier molecular flexibility index (Phi) is 8.00. The van der Waals surface area contributed by atoms with Gasteiger partial charge in [-0.15, -0.1) is 0 Å². The highest BCUT2D eigenvalue weighted by atomic mass is 16.1. The number of primary amides is 1. The van der Waals surface area contributed by atoms with E-state index >= 15 is 0 Å². The van der Waals surface area contributed by atoms with E-state index < -0.39 is 0 Å². The van der Waals surface area contributed by atoms with Crippen LogP contribution in [0.25, 0.3) is 0 Å². The Labute approximate surface area is 153 Å². The van der Waals surface area contributed by atoms with Crippen LogP contribution in [0.3, 0.4) is 0 Å². The average Bonchev–Trinajstić information content (AvgIpc) is 2.58. The van der Waals surface area contributed by atoms with E-state index in [0.29, 0.717) is 18.4 Å². The molecule has 2 aliphatic rings. The summed E-state index contributed by atoms with van der Waals surface area (Å²) in [6, 6.07) is 0.475. The van der Waals surface area contributed by atoms with Crippen molar-refractivity contribution in [2.45, 2.75) is 58.9 Å². The molecule has 3 unspecified atom stereocenters. The van der Waals surface area contributed by atoms with Gasteiger partial charge in [-0.3, -0.25) is 14.7 Å². The van der Waals surface area contributed by atoms with Crippen molar-refractivity contribution in [2.24, 2.45) is 22.6 Å². The van der Waals surface area contributed by atoms with Crippen molar-refractivity contribution in [3.05, 3.63) is 0 Å². The van der Waals surface area contributed by atoms with Crippen LogP contribution in [0.5, 0.6) is 0 Å². The Morgan fingerprint density at radius 1 is 1.28 bits per heavy atom. The number of rotatable bonds is 6. The van der Waals surface area contributed by atoms with Gasteiger partial charge in [0.25, 0.3) is 0 Å². The third kappa shape index (κ3) is 6.49. The molecule has 0 aromatic heterocycles. The van der Waals surface area contributed by atoms with Crippen molar-refractivity contribution in [3.63, 3.8) is 0 Å². The van der Waals surface area contributed by atoms with Gasteiger partial charge in [0.05, 0.1) is 6.54 Å². The number of carbonyl (C=O) groups excluding carboxylic acids is 1. The van der Waals surface area contributed by atoms with E-state index in [-0.39, 0.29) is 5.91 Å².